The van der Waals surface area contributed by atoms with Gasteiger partial charge in [-0.2, -0.15) is 11.8 Å². The zero-order valence-corrected chi connectivity index (χ0v) is 10.7. The average Bonchev–Trinajstić information content (AvgIpc) is 2.88. The maximum absolute atomic E-state index is 3.58. The zero-order chi connectivity index (χ0) is 10.3. The fourth-order valence-electron chi connectivity index (χ4n) is 2.86. The molecule has 0 spiro atoms. The standard InChI is InChI=1S/C13H25NS/c1-2-6-12(5-1)11-15-10-4-8-13-7-3-9-14-13/h12-14H,1-11H2. The van der Waals surface area contributed by atoms with E-state index in [0.29, 0.717) is 0 Å². The van der Waals surface area contributed by atoms with Gasteiger partial charge < -0.3 is 5.32 Å². The van der Waals surface area contributed by atoms with Gasteiger partial charge in [-0.05, 0) is 62.5 Å². The van der Waals surface area contributed by atoms with Gasteiger partial charge in [-0.3, -0.25) is 0 Å². The highest BCUT2D eigenvalue weighted by molar-refractivity contribution is 7.99. The third-order valence-corrected chi connectivity index (χ3v) is 5.12. The first kappa shape index (κ1) is 11.8. The van der Waals surface area contributed by atoms with Crippen molar-refractivity contribution in [1.29, 1.82) is 0 Å². The van der Waals surface area contributed by atoms with Crippen molar-refractivity contribution in [2.24, 2.45) is 5.92 Å². The van der Waals surface area contributed by atoms with Crippen LogP contribution in [0.4, 0.5) is 0 Å². The second-order valence-corrected chi connectivity index (χ2v) is 6.31. The Morgan fingerprint density at radius 1 is 1.07 bits per heavy atom. The Morgan fingerprint density at radius 3 is 2.67 bits per heavy atom. The van der Waals surface area contributed by atoms with E-state index >= 15 is 0 Å². The summed E-state index contributed by atoms with van der Waals surface area (Å²) in [7, 11) is 0. The molecule has 1 aliphatic carbocycles. The van der Waals surface area contributed by atoms with E-state index in [4.69, 9.17) is 0 Å². The molecule has 88 valence electrons. The van der Waals surface area contributed by atoms with Crippen molar-refractivity contribution in [3.63, 3.8) is 0 Å². The van der Waals surface area contributed by atoms with Crippen LogP contribution >= 0.6 is 11.8 Å². The van der Waals surface area contributed by atoms with Gasteiger partial charge in [0.2, 0.25) is 0 Å². The Hall–Kier alpha value is 0.310. The van der Waals surface area contributed by atoms with Crippen LogP contribution in [0.2, 0.25) is 0 Å². The molecule has 1 N–H and O–H groups in total. The maximum atomic E-state index is 3.58. The summed E-state index contributed by atoms with van der Waals surface area (Å²) in [6.45, 7) is 1.26. The largest absolute Gasteiger partial charge is 0.314 e. The molecule has 0 radical (unpaired) electrons. The van der Waals surface area contributed by atoms with E-state index in [1.54, 1.807) is 0 Å². The van der Waals surface area contributed by atoms with Crippen molar-refractivity contribution in [3.05, 3.63) is 0 Å². The molecule has 1 atom stereocenters. The van der Waals surface area contributed by atoms with Crippen molar-refractivity contribution in [2.45, 2.75) is 57.4 Å². The Bertz CT molecular complexity index is 142. The van der Waals surface area contributed by atoms with Gasteiger partial charge in [0.25, 0.3) is 0 Å². The van der Waals surface area contributed by atoms with Crippen molar-refractivity contribution in [3.8, 4) is 0 Å². The van der Waals surface area contributed by atoms with Gasteiger partial charge in [0.1, 0.15) is 0 Å². The zero-order valence-electron chi connectivity index (χ0n) is 9.84. The fourth-order valence-corrected chi connectivity index (χ4v) is 4.07. The highest BCUT2D eigenvalue weighted by atomic mass is 32.2. The average molecular weight is 227 g/mol. The molecule has 1 saturated heterocycles. The summed E-state index contributed by atoms with van der Waals surface area (Å²) >= 11 is 2.21. The summed E-state index contributed by atoms with van der Waals surface area (Å²) in [4.78, 5) is 0. The smallest absolute Gasteiger partial charge is 0.00678 e. The minimum Gasteiger partial charge on any atom is -0.314 e. The Morgan fingerprint density at radius 2 is 1.93 bits per heavy atom. The summed E-state index contributed by atoms with van der Waals surface area (Å²) in [6, 6.07) is 0.858. The van der Waals surface area contributed by atoms with Crippen molar-refractivity contribution >= 4 is 11.8 Å². The van der Waals surface area contributed by atoms with E-state index in [0.717, 1.165) is 12.0 Å². The molecule has 0 bridgehead atoms. The van der Waals surface area contributed by atoms with Gasteiger partial charge in [-0.1, -0.05) is 12.8 Å². The number of rotatable bonds is 6. The van der Waals surface area contributed by atoms with Gasteiger partial charge >= 0.3 is 0 Å². The van der Waals surface area contributed by atoms with E-state index in [-0.39, 0.29) is 0 Å². The Labute approximate surface area is 98.8 Å². The molecule has 1 aliphatic heterocycles. The van der Waals surface area contributed by atoms with Crippen LogP contribution in [-0.4, -0.2) is 24.1 Å². The topological polar surface area (TPSA) is 12.0 Å². The van der Waals surface area contributed by atoms with Gasteiger partial charge in [0.15, 0.2) is 0 Å². The quantitative estimate of drug-likeness (QED) is 0.698. The molecule has 1 nitrogen and oxygen atoms in total. The van der Waals surface area contributed by atoms with Crippen molar-refractivity contribution in [1.82, 2.24) is 5.32 Å². The molecule has 1 heterocycles. The van der Waals surface area contributed by atoms with E-state index < -0.39 is 0 Å². The molecule has 0 aromatic heterocycles. The molecule has 2 aliphatic rings. The first-order valence-electron chi connectivity index (χ1n) is 6.76. The lowest BCUT2D eigenvalue weighted by molar-refractivity contribution is 0.553. The number of thioether (sulfide) groups is 1. The predicted octanol–water partition coefficient (Wildman–Crippen LogP) is 3.44. The van der Waals surface area contributed by atoms with Crippen molar-refractivity contribution < 1.29 is 0 Å². The third kappa shape index (κ3) is 4.36. The lowest BCUT2D eigenvalue weighted by Gasteiger charge is -2.10. The van der Waals surface area contributed by atoms with Crippen LogP contribution in [0, 0.1) is 5.92 Å². The highest BCUT2D eigenvalue weighted by Gasteiger charge is 2.15. The normalized spacial score (nSPS) is 27.6. The summed E-state index contributed by atoms with van der Waals surface area (Å²) in [5.74, 6) is 3.91. The molecule has 2 rings (SSSR count). The van der Waals surface area contributed by atoms with Gasteiger partial charge in [0.05, 0.1) is 0 Å². The SMILES string of the molecule is C1CCC(CSCCCC2CCCN2)C1. The number of nitrogens with one attached hydrogen (secondary N) is 1. The van der Waals surface area contributed by atoms with E-state index in [1.807, 2.05) is 0 Å². The molecular weight excluding hydrogens is 202 g/mol. The minimum absolute atomic E-state index is 0.858. The first-order chi connectivity index (χ1) is 7.45. The van der Waals surface area contributed by atoms with E-state index in [9.17, 15) is 0 Å². The van der Waals surface area contributed by atoms with E-state index in [2.05, 4.69) is 17.1 Å². The highest BCUT2D eigenvalue weighted by Crippen LogP contribution is 2.28. The number of hydrogen-bond donors (Lipinski definition) is 1. The number of hydrogen-bond acceptors (Lipinski definition) is 2. The summed E-state index contributed by atoms with van der Waals surface area (Å²) < 4.78 is 0. The van der Waals surface area contributed by atoms with Crippen LogP contribution in [0.5, 0.6) is 0 Å². The van der Waals surface area contributed by atoms with Crippen LogP contribution in [0.3, 0.4) is 0 Å². The minimum atomic E-state index is 0.858. The molecule has 2 fully saturated rings. The maximum Gasteiger partial charge on any atom is 0.00678 e. The lowest BCUT2D eigenvalue weighted by Crippen LogP contribution is -2.21. The Kier molecular flexibility index (Phi) is 5.34. The molecule has 15 heavy (non-hydrogen) atoms. The Balaban J connectivity index is 1.41. The first-order valence-corrected chi connectivity index (χ1v) is 7.92. The van der Waals surface area contributed by atoms with Crippen LogP contribution in [0.15, 0.2) is 0 Å². The lowest BCUT2D eigenvalue weighted by atomic mass is 10.1. The summed E-state index contributed by atoms with van der Waals surface area (Å²) in [6.07, 6.45) is 11.7. The van der Waals surface area contributed by atoms with Crippen molar-refractivity contribution in [2.75, 3.05) is 18.1 Å². The van der Waals surface area contributed by atoms with Gasteiger partial charge in [0, 0.05) is 6.04 Å². The fraction of sp³-hybridized carbons (Fsp3) is 1.00. The summed E-state index contributed by atoms with van der Waals surface area (Å²) in [5, 5.41) is 3.58. The molecule has 0 aromatic carbocycles. The molecule has 0 amide bonds. The van der Waals surface area contributed by atoms with Gasteiger partial charge in [-0.15, -0.1) is 0 Å². The second-order valence-electron chi connectivity index (χ2n) is 5.16. The molecule has 1 unspecified atom stereocenters. The summed E-state index contributed by atoms with van der Waals surface area (Å²) in [5.41, 5.74) is 0. The molecular formula is C13H25NS. The van der Waals surface area contributed by atoms with Crippen LogP contribution in [0.25, 0.3) is 0 Å². The van der Waals surface area contributed by atoms with E-state index in [1.165, 1.54) is 69.4 Å². The monoisotopic (exact) mass is 227 g/mol. The molecule has 2 heteroatoms. The van der Waals surface area contributed by atoms with Gasteiger partial charge in [-0.25, -0.2) is 0 Å². The molecule has 0 aromatic rings. The van der Waals surface area contributed by atoms with Crippen LogP contribution < -0.4 is 5.32 Å². The predicted molar refractivity (Wildman–Crippen MR) is 69.5 cm³/mol. The van der Waals surface area contributed by atoms with Crippen LogP contribution in [-0.2, 0) is 0 Å². The molecule has 1 saturated carbocycles. The second kappa shape index (κ2) is 6.80. The van der Waals surface area contributed by atoms with Crippen LogP contribution in [0.1, 0.15) is 51.4 Å². The third-order valence-electron chi connectivity index (χ3n) is 3.83.